The molecule has 7 heteroatoms. The minimum Gasteiger partial charge on any atom is -0.349 e. The van der Waals surface area contributed by atoms with Crippen LogP contribution >= 0.6 is 11.6 Å². The highest BCUT2D eigenvalue weighted by atomic mass is 35.5. The van der Waals surface area contributed by atoms with Gasteiger partial charge < -0.3 is 9.51 Å². The number of aromatic nitrogens is 5. The topological polar surface area (TPSA) is 72.5 Å². The van der Waals surface area contributed by atoms with Crippen LogP contribution in [0.5, 0.6) is 0 Å². The van der Waals surface area contributed by atoms with E-state index >= 15 is 0 Å². The van der Waals surface area contributed by atoms with Crippen LogP contribution in [-0.4, -0.2) is 24.9 Å². The van der Waals surface area contributed by atoms with E-state index in [1.165, 1.54) is 0 Å². The second-order valence-electron chi connectivity index (χ2n) is 5.08. The van der Waals surface area contributed by atoms with Crippen LogP contribution in [0.1, 0.15) is 11.4 Å². The quantitative estimate of drug-likeness (QED) is 0.629. The van der Waals surface area contributed by atoms with Crippen molar-refractivity contribution in [3.63, 3.8) is 0 Å². The van der Waals surface area contributed by atoms with Crippen molar-refractivity contribution in [1.29, 1.82) is 0 Å². The van der Waals surface area contributed by atoms with E-state index in [1.54, 1.807) is 10.9 Å². The number of halogens is 1. The molecule has 0 aliphatic rings. The van der Waals surface area contributed by atoms with E-state index < -0.39 is 0 Å². The third-order valence-electron chi connectivity index (χ3n) is 3.44. The number of nitrogens with one attached hydrogen (secondary N) is 1. The number of H-pyrrole nitrogens is 1. The van der Waals surface area contributed by atoms with Gasteiger partial charge in [0.2, 0.25) is 0 Å². The third-order valence-corrected chi connectivity index (χ3v) is 3.83. The molecule has 6 nitrogen and oxygen atoms in total. The molecule has 3 heterocycles. The second-order valence-corrected chi connectivity index (χ2v) is 5.46. The molecular formula is C15H12ClN5O. The highest BCUT2D eigenvalue weighted by Crippen LogP contribution is 2.34. The second kappa shape index (κ2) is 4.99. The Morgan fingerprint density at radius 1 is 1.36 bits per heavy atom. The highest BCUT2D eigenvalue weighted by molar-refractivity contribution is 6.38. The molecule has 0 saturated carbocycles. The fourth-order valence-corrected chi connectivity index (χ4v) is 2.66. The summed E-state index contributed by atoms with van der Waals surface area (Å²) in [5.41, 5.74) is 2.73. The van der Waals surface area contributed by atoms with Crippen LogP contribution in [0.3, 0.4) is 0 Å². The van der Waals surface area contributed by atoms with E-state index in [0.717, 1.165) is 16.5 Å². The number of hydrogen-bond donors (Lipinski definition) is 1. The Balaban J connectivity index is 1.73. The Kier molecular flexibility index (Phi) is 2.97. The Hall–Kier alpha value is -2.60. The van der Waals surface area contributed by atoms with Gasteiger partial charge in [0.1, 0.15) is 12.2 Å². The standard InChI is InChI=1S/C15H12ClN5O/c1-9-3-4-11-10(7-9)13(16)14(18-11)15-19-12(20-22-15)8-21-6-2-5-17-21/h2-7,18H,8H2,1H3. The average Bonchev–Trinajstić information content (AvgIpc) is 3.22. The molecule has 0 aliphatic heterocycles. The molecule has 110 valence electrons. The van der Waals surface area contributed by atoms with Gasteiger partial charge in [0.05, 0.1) is 5.02 Å². The van der Waals surface area contributed by atoms with Gasteiger partial charge in [-0.05, 0) is 25.1 Å². The van der Waals surface area contributed by atoms with Crippen LogP contribution in [0.2, 0.25) is 5.02 Å². The Bertz CT molecular complexity index is 938. The molecule has 0 fully saturated rings. The Morgan fingerprint density at radius 2 is 2.27 bits per heavy atom. The summed E-state index contributed by atoms with van der Waals surface area (Å²) in [4.78, 5) is 7.61. The van der Waals surface area contributed by atoms with E-state index in [2.05, 4.69) is 20.2 Å². The number of hydrogen-bond acceptors (Lipinski definition) is 4. The first-order valence-electron chi connectivity index (χ1n) is 6.79. The van der Waals surface area contributed by atoms with Crippen molar-refractivity contribution in [1.82, 2.24) is 24.9 Å². The lowest BCUT2D eigenvalue weighted by atomic mass is 10.2. The summed E-state index contributed by atoms with van der Waals surface area (Å²) in [7, 11) is 0. The summed E-state index contributed by atoms with van der Waals surface area (Å²) >= 11 is 6.44. The maximum atomic E-state index is 6.44. The van der Waals surface area contributed by atoms with E-state index in [1.807, 2.05) is 37.4 Å². The fraction of sp³-hybridized carbons (Fsp3) is 0.133. The van der Waals surface area contributed by atoms with Crippen LogP contribution in [0.25, 0.3) is 22.5 Å². The third kappa shape index (κ3) is 2.17. The van der Waals surface area contributed by atoms with Crippen molar-refractivity contribution in [3.8, 4) is 11.6 Å². The molecule has 4 rings (SSSR count). The van der Waals surface area contributed by atoms with Crippen LogP contribution in [0.4, 0.5) is 0 Å². The summed E-state index contributed by atoms with van der Waals surface area (Å²) < 4.78 is 7.05. The number of aromatic amines is 1. The monoisotopic (exact) mass is 313 g/mol. The number of rotatable bonds is 3. The van der Waals surface area contributed by atoms with E-state index in [4.69, 9.17) is 16.1 Å². The summed E-state index contributed by atoms with van der Waals surface area (Å²) in [6, 6.07) is 7.88. The molecule has 0 aliphatic carbocycles. The molecule has 1 aromatic carbocycles. The molecular weight excluding hydrogens is 302 g/mol. The zero-order valence-corrected chi connectivity index (χ0v) is 12.5. The zero-order chi connectivity index (χ0) is 15.1. The zero-order valence-electron chi connectivity index (χ0n) is 11.7. The minimum absolute atomic E-state index is 0.376. The summed E-state index contributed by atoms with van der Waals surface area (Å²) in [6.07, 6.45) is 3.55. The summed E-state index contributed by atoms with van der Waals surface area (Å²) in [6.45, 7) is 2.48. The van der Waals surface area contributed by atoms with Crippen LogP contribution in [0.15, 0.2) is 41.2 Å². The molecule has 0 spiro atoms. The predicted octanol–water partition coefficient (Wildman–Crippen LogP) is 3.42. The van der Waals surface area contributed by atoms with Crippen molar-refractivity contribution in [2.24, 2.45) is 0 Å². The number of nitrogens with zero attached hydrogens (tertiary/aromatic N) is 4. The van der Waals surface area contributed by atoms with Crippen LogP contribution in [-0.2, 0) is 6.54 Å². The predicted molar refractivity (Wildman–Crippen MR) is 82.7 cm³/mol. The van der Waals surface area contributed by atoms with Crippen LogP contribution < -0.4 is 0 Å². The molecule has 0 bridgehead atoms. The minimum atomic E-state index is 0.376. The molecule has 0 amide bonds. The number of benzene rings is 1. The first-order valence-corrected chi connectivity index (χ1v) is 7.17. The normalized spacial score (nSPS) is 11.4. The smallest absolute Gasteiger partial charge is 0.275 e. The van der Waals surface area contributed by atoms with E-state index in [9.17, 15) is 0 Å². The van der Waals surface area contributed by atoms with Gasteiger partial charge in [-0.25, -0.2) is 0 Å². The lowest BCUT2D eigenvalue weighted by molar-refractivity contribution is 0.418. The van der Waals surface area contributed by atoms with Crippen LogP contribution in [0, 0.1) is 6.92 Å². The van der Waals surface area contributed by atoms with Crippen molar-refractivity contribution in [3.05, 3.63) is 53.1 Å². The van der Waals surface area contributed by atoms with Gasteiger partial charge >= 0.3 is 0 Å². The molecule has 4 aromatic rings. The largest absolute Gasteiger partial charge is 0.349 e. The van der Waals surface area contributed by atoms with Crippen molar-refractivity contribution >= 4 is 22.5 Å². The van der Waals surface area contributed by atoms with E-state index in [0.29, 0.717) is 29.0 Å². The highest BCUT2D eigenvalue weighted by Gasteiger charge is 2.17. The lowest BCUT2D eigenvalue weighted by Crippen LogP contribution is -2.01. The first kappa shape index (κ1) is 13.1. The van der Waals surface area contributed by atoms with Gasteiger partial charge in [0.25, 0.3) is 5.89 Å². The lowest BCUT2D eigenvalue weighted by Gasteiger charge is -1.93. The number of fused-ring (bicyclic) bond motifs is 1. The SMILES string of the molecule is Cc1ccc2[nH]c(-c3nc(Cn4cccn4)no3)c(Cl)c2c1. The molecule has 3 aromatic heterocycles. The first-order chi connectivity index (χ1) is 10.7. The molecule has 0 atom stereocenters. The number of aryl methyl sites for hydroxylation is 1. The van der Waals surface area contributed by atoms with Gasteiger partial charge in [0, 0.05) is 23.3 Å². The average molecular weight is 314 g/mol. The molecule has 0 radical (unpaired) electrons. The molecule has 0 saturated heterocycles. The maximum Gasteiger partial charge on any atom is 0.275 e. The van der Waals surface area contributed by atoms with Gasteiger partial charge in [0.15, 0.2) is 5.82 Å². The maximum absolute atomic E-state index is 6.44. The van der Waals surface area contributed by atoms with Gasteiger partial charge in [-0.1, -0.05) is 28.4 Å². The Labute approximate surface area is 130 Å². The fourth-order valence-electron chi connectivity index (χ4n) is 2.38. The molecule has 1 N–H and O–H groups in total. The van der Waals surface area contributed by atoms with Crippen molar-refractivity contribution in [2.45, 2.75) is 13.5 Å². The summed E-state index contributed by atoms with van der Waals surface area (Å²) in [5, 5.41) is 9.63. The van der Waals surface area contributed by atoms with Crippen molar-refractivity contribution in [2.75, 3.05) is 0 Å². The molecule has 22 heavy (non-hydrogen) atoms. The Morgan fingerprint density at radius 3 is 3.09 bits per heavy atom. The van der Waals surface area contributed by atoms with Gasteiger partial charge in [-0.3, -0.25) is 4.68 Å². The molecule has 0 unspecified atom stereocenters. The van der Waals surface area contributed by atoms with Crippen molar-refractivity contribution < 1.29 is 4.52 Å². The van der Waals surface area contributed by atoms with Gasteiger partial charge in [-0.15, -0.1) is 0 Å². The summed E-state index contributed by atoms with van der Waals surface area (Å²) in [5.74, 6) is 0.922. The van der Waals surface area contributed by atoms with Gasteiger partial charge in [-0.2, -0.15) is 10.1 Å². The van der Waals surface area contributed by atoms with E-state index in [-0.39, 0.29) is 0 Å².